The van der Waals surface area contributed by atoms with Crippen LogP contribution in [0, 0.1) is 0 Å². The number of carbonyl (C=O) groups is 2. The van der Waals surface area contributed by atoms with Gasteiger partial charge >= 0.3 is 5.97 Å². The predicted molar refractivity (Wildman–Crippen MR) is 120 cm³/mol. The molecule has 10 heteroatoms. The molecular formula is C23H16N6O4. The van der Waals surface area contributed by atoms with Crippen LogP contribution < -0.4 is 10.6 Å². The zero-order chi connectivity index (χ0) is 22.8. The van der Waals surface area contributed by atoms with E-state index in [9.17, 15) is 9.59 Å². The first-order valence-corrected chi connectivity index (χ1v) is 9.82. The first-order chi connectivity index (χ1) is 16.1. The van der Waals surface area contributed by atoms with Crippen LogP contribution in [-0.2, 0) is 4.74 Å². The number of carbonyl (C=O) groups excluding carboxylic acids is 2. The molecule has 10 nitrogen and oxygen atoms in total. The SMILES string of the molecule is COC(=O)c1ccc2oc3ncnc(Nc4ccc(NC(=O)c5cnccn5)cc4)c3c2c1. The van der Waals surface area contributed by atoms with Gasteiger partial charge in [0.1, 0.15) is 23.4 Å². The third-order valence-corrected chi connectivity index (χ3v) is 4.89. The Bertz CT molecular complexity index is 1480. The molecule has 0 saturated heterocycles. The average Bonchev–Trinajstić information content (AvgIpc) is 3.24. The number of nitrogens with zero attached hydrogens (tertiary/aromatic N) is 4. The maximum atomic E-state index is 12.2. The maximum absolute atomic E-state index is 12.2. The van der Waals surface area contributed by atoms with Gasteiger partial charge in [-0.2, -0.15) is 0 Å². The number of anilines is 3. The summed E-state index contributed by atoms with van der Waals surface area (Å²) in [7, 11) is 1.33. The molecule has 0 aliphatic heterocycles. The van der Waals surface area contributed by atoms with E-state index in [1.807, 2.05) is 0 Å². The summed E-state index contributed by atoms with van der Waals surface area (Å²) in [6.07, 6.45) is 5.75. The number of benzene rings is 2. The zero-order valence-electron chi connectivity index (χ0n) is 17.3. The van der Waals surface area contributed by atoms with Gasteiger partial charge < -0.3 is 19.8 Å². The minimum absolute atomic E-state index is 0.223. The lowest BCUT2D eigenvalue weighted by Gasteiger charge is -2.08. The van der Waals surface area contributed by atoms with Crippen LogP contribution in [0.4, 0.5) is 17.2 Å². The second-order valence-electron chi connectivity index (χ2n) is 6.95. The number of fused-ring (bicyclic) bond motifs is 3. The lowest BCUT2D eigenvalue weighted by atomic mass is 10.1. The van der Waals surface area contributed by atoms with Gasteiger partial charge in [-0.1, -0.05) is 0 Å². The number of hydrogen-bond acceptors (Lipinski definition) is 9. The predicted octanol–water partition coefficient (Wildman–Crippen LogP) is 3.95. The summed E-state index contributed by atoms with van der Waals surface area (Å²) in [4.78, 5) is 40.6. The van der Waals surface area contributed by atoms with Gasteiger partial charge in [-0.25, -0.2) is 19.7 Å². The van der Waals surface area contributed by atoms with Crippen LogP contribution in [0.3, 0.4) is 0 Å². The molecule has 3 heterocycles. The normalized spacial score (nSPS) is 10.8. The molecule has 0 fully saturated rings. The Morgan fingerprint density at radius 3 is 2.55 bits per heavy atom. The van der Waals surface area contributed by atoms with Crippen molar-refractivity contribution in [1.82, 2.24) is 19.9 Å². The molecule has 0 aliphatic rings. The number of amides is 1. The van der Waals surface area contributed by atoms with Crippen molar-refractivity contribution in [3.8, 4) is 0 Å². The van der Waals surface area contributed by atoms with E-state index in [1.165, 1.54) is 32.0 Å². The highest BCUT2D eigenvalue weighted by Crippen LogP contribution is 2.33. The number of nitrogens with one attached hydrogen (secondary N) is 2. The number of furan rings is 1. The highest BCUT2D eigenvalue weighted by Gasteiger charge is 2.16. The molecule has 0 unspecified atom stereocenters. The monoisotopic (exact) mass is 440 g/mol. The standard InChI is InChI=1S/C23H16N6O4/c1-32-23(31)13-2-7-18-16(10-13)19-20(26-12-27-22(19)33-18)28-14-3-5-15(6-4-14)29-21(30)17-11-24-8-9-25-17/h2-12H,1H3,(H,29,30)(H,26,27,28). The minimum Gasteiger partial charge on any atom is -0.465 e. The topological polar surface area (TPSA) is 132 Å². The molecule has 1 amide bonds. The van der Waals surface area contributed by atoms with Crippen molar-refractivity contribution in [3.05, 3.63) is 78.6 Å². The molecule has 162 valence electrons. The van der Waals surface area contributed by atoms with Gasteiger partial charge in [-0.15, -0.1) is 0 Å². The fourth-order valence-electron chi connectivity index (χ4n) is 3.33. The third-order valence-electron chi connectivity index (χ3n) is 4.89. The summed E-state index contributed by atoms with van der Waals surface area (Å²) < 4.78 is 10.6. The van der Waals surface area contributed by atoms with Crippen LogP contribution in [0.2, 0.25) is 0 Å². The van der Waals surface area contributed by atoms with Crippen molar-refractivity contribution >= 4 is 51.1 Å². The van der Waals surface area contributed by atoms with Gasteiger partial charge in [0.15, 0.2) is 0 Å². The minimum atomic E-state index is -0.447. The largest absolute Gasteiger partial charge is 0.465 e. The van der Waals surface area contributed by atoms with Crippen molar-refractivity contribution in [2.24, 2.45) is 0 Å². The summed E-state index contributed by atoms with van der Waals surface area (Å²) in [6, 6.07) is 12.1. The van der Waals surface area contributed by atoms with Crippen LogP contribution in [0.25, 0.3) is 22.1 Å². The van der Waals surface area contributed by atoms with E-state index in [4.69, 9.17) is 9.15 Å². The Labute approximate surface area is 186 Å². The van der Waals surface area contributed by atoms with Crippen molar-refractivity contribution in [3.63, 3.8) is 0 Å². The summed E-state index contributed by atoms with van der Waals surface area (Å²) in [5.41, 5.74) is 2.90. The second kappa shape index (κ2) is 8.35. The lowest BCUT2D eigenvalue weighted by Crippen LogP contribution is -2.13. The Hall–Kier alpha value is -4.86. The molecule has 2 aromatic carbocycles. The summed E-state index contributed by atoms with van der Waals surface area (Å²) >= 11 is 0. The molecule has 0 bridgehead atoms. The number of rotatable bonds is 5. The molecule has 0 aliphatic carbocycles. The molecule has 0 radical (unpaired) electrons. The van der Waals surface area contributed by atoms with Crippen molar-refractivity contribution in [2.45, 2.75) is 0 Å². The van der Waals surface area contributed by atoms with Crippen LogP contribution in [0.1, 0.15) is 20.8 Å². The quantitative estimate of drug-likeness (QED) is 0.390. The van der Waals surface area contributed by atoms with Crippen molar-refractivity contribution < 1.29 is 18.7 Å². The fourth-order valence-corrected chi connectivity index (χ4v) is 3.33. The highest BCUT2D eigenvalue weighted by atomic mass is 16.5. The van der Waals surface area contributed by atoms with Gasteiger partial charge in [-0.05, 0) is 42.5 Å². The highest BCUT2D eigenvalue weighted by molar-refractivity contribution is 6.11. The Balaban J connectivity index is 1.43. The van der Waals surface area contributed by atoms with Crippen LogP contribution in [0.5, 0.6) is 0 Å². The first kappa shape index (κ1) is 20.1. The van der Waals surface area contributed by atoms with E-state index in [0.29, 0.717) is 39.1 Å². The average molecular weight is 440 g/mol. The molecule has 5 rings (SSSR count). The smallest absolute Gasteiger partial charge is 0.337 e. The van der Waals surface area contributed by atoms with Gasteiger partial charge in [0.2, 0.25) is 5.71 Å². The van der Waals surface area contributed by atoms with E-state index in [-0.39, 0.29) is 11.6 Å². The second-order valence-corrected chi connectivity index (χ2v) is 6.95. The van der Waals surface area contributed by atoms with Gasteiger partial charge in [0.25, 0.3) is 5.91 Å². The van der Waals surface area contributed by atoms with E-state index in [2.05, 4.69) is 30.6 Å². The van der Waals surface area contributed by atoms with Crippen LogP contribution >= 0.6 is 0 Å². The van der Waals surface area contributed by atoms with Crippen molar-refractivity contribution in [1.29, 1.82) is 0 Å². The van der Waals surface area contributed by atoms with Crippen LogP contribution in [-0.4, -0.2) is 38.9 Å². The van der Waals surface area contributed by atoms with Gasteiger partial charge in [0, 0.05) is 29.2 Å². The van der Waals surface area contributed by atoms with Gasteiger partial charge in [0.05, 0.1) is 24.3 Å². The summed E-state index contributed by atoms with van der Waals surface area (Å²) in [6.45, 7) is 0. The zero-order valence-corrected chi connectivity index (χ0v) is 17.3. The Morgan fingerprint density at radius 2 is 1.79 bits per heavy atom. The molecule has 0 saturated carbocycles. The molecule has 5 aromatic rings. The van der Waals surface area contributed by atoms with E-state index in [1.54, 1.807) is 42.5 Å². The summed E-state index contributed by atoms with van der Waals surface area (Å²) in [5.74, 6) is -0.290. The molecule has 2 N–H and O–H groups in total. The first-order valence-electron chi connectivity index (χ1n) is 9.82. The molecule has 33 heavy (non-hydrogen) atoms. The number of esters is 1. The number of aromatic nitrogens is 4. The van der Waals surface area contributed by atoms with E-state index >= 15 is 0 Å². The Kier molecular flexibility index (Phi) is 5.07. The summed E-state index contributed by atoms with van der Waals surface area (Å²) in [5, 5.41) is 7.33. The van der Waals surface area contributed by atoms with Crippen LogP contribution in [0.15, 0.2) is 71.8 Å². The number of hydrogen-bond donors (Lipinski definition) is 2. The van der Waals surface area contributed by atoms with Crippen molar-refractivity contribution in [2.75, 3.05) is 17.7 Å². The van der Waals surface area contributed by atoms with Gasteiger partial charge in [-0.3, -0.25) is 9.78 Å². The molecular weight excluding hydrogens is 424 g/mol. The lowest BCUT2D eigenvalue weighted by molar-refractivity contribution is 0.0601. The van der Waals surface area contributed by atoms with E-state index in [0.717, 1.165) is 5.69 Å². The molecule has 3 aromatic heterocycles. The Morgan fingerprint density at radius 1 is 0.970 bits per heavy atom. The third kappa shape index (κ3) is 3.92. The van der Waals surface area contributed by atoms with E-state index < -0.39 is 5.97 Å². The number of ether oxygens (including phenoxy) is 1. The fraction of sp³-hybridized carbons (Fsp3) is 0.0435. The maximum Gasteiger partial charge on any atom is 0.337 e. The molecule has 0 atom stereocenters. The molecule has 0 spiro atoms. The number of methoxy groups -OCH3 is 1.